The highest BCUT2D eigenvalue weighted by Crippen LogP contribution is 2.36. The van der Waals surface area contributed by atoms with Crippen molar-refractivity contribution in [2.75, 3.05) is 119 Å². The van der Waals surface area contributed by atoms with Gasteiger partial charge in [-0.25, -0.2) is 19.9 Å². The van der Waals surface area contributed by atoms with Gasteiger partial charge < -0.3 is 50.3 Å². The SMILES string of the molecule is CN1CCN(c2ccc(C(=O)Nc3cn(Cc4ccc(OCCN5CCN(c6ccc(C(=O)Nc7c[nH]c8ncnc(-c9cnn(C%10CCNCC%10)c9)c78)cc6)CC5)cc4)c4ncnc(-c5cnn(C6CCNCC6)c5)c34)cc2)CC1. The van der Waals surface area contributed by atoms with Gasteiger partial charge in [0.15, 0.2) is 0 Å². The van der Waals surface area contributed by atoms with Crippen molar-refractivity contribution in [2.24, 2.45) is 0 Å². The summed E-state index contributed by atoms with van der Waals surface area (Å²) in [6.07, 6.45) is 18.8. The van der Waals surface area contributed by atoms with E-state index < -0.39 is 0 Å². The maximum atomic E-state index is 14.0. The van der Waals surface area contributed by atoms with E-state index in [-0.39, 0.29) is 11.8 Å². The number of anilines is 4. The van der Waals surface area contributed by atoms with Crippen LogP contribution in [0.4, 0.5) is 22.7 Å². The lowest BCUT2D eigenvalue weighted by atomic mass is 10.1. The Kier molecular flexibility index (Phi) is 14.9. The van der Waals surface area contributed by atoms with Crippen LogP contribution in [-0.4, -0.2) is 169 Å². The summed E-state index contributed by atoms with van der Waals surface area (Å²) in [7, 11) is 2.15. The third kappa shape index (κ3) is 11.3. The third-order valence-electron chi connectivity index (χ3n) is 16.6. The van der Waals surface area contributed by atoms with Gasteiger partial charge in [0.2, 0.25) is 0 Å². The van der Waals surface area contributed by atoms with Crippen LogP contribution < -0.4 is 35.8 Å². The highest BCUT2D eigenvalue weighted by Gasteiger charge is 2.25. The number of rotatable bonds is 16. The molecule has 0 aliphatic carbocycles. The average Bonchev–Trinajstić information content (AvgIpc) is 4.56. The van der Waals surface area contributed by atoms with Crippen molar-refractivity contribution in [3.8, 4) is 28.3 Å². The number of carbonyl (C=O) groups is 2. The summed E-state index contributed by atoms with van der Waals surface area (Å²) in [6.45, 7) is 13.2. The molecule has 4 fully saturated rings. The Hall–Kier alpha value is -8.50. The second kappa shape index (κ2) is 23.3. The monoisotopic (exact) mass is 1090 g/mol. The van der Waals surface area contributed by atoms with E-state index in [1.807, 2.05) is 90.1 Å². The maximum absolute atomic E-state index is 14.0. The zero-order valence-corrected chi connectivity index (χ0v) is 45.7. The average molecular weight is 1090 g/mol. The number of nitrogens with one attached hydrogen (secondary N) is 5. The summed E-state index contributed by atoms with van der Waals surface area (Å²) in [5, 5.41) is 24.2. The van der Waals surface area contributed by atoms with Crippen molar-refractivity contribution in [3.05, 3.63) is 139 Å². The van der Waals surface area contributed by atoms with Crippen molar-refractivity contribution in [3.63, 3.8) is 0 Å². The van der Waals surface area contributed by atoms with Gasteiger partial charge in [0, 0.05) is 124 Å². The minimum atomic E-state index is -0.205. The molecule has 0 spiro atoms. The van der Waals surface area contributed by atoms with Crippen LogP contribution in [-0.2, 0) is 6.54 Å². The van der Waals surface area contributed by atoms with E-state index in [9.17, 15) is 9.59 Å². The fourth-order valence-electron chi connectivity index (χ4n) is 11.8. The van der Waals surface area contributed by atoms with Crippen LogP contribution in [0.5, 0.6) is 5.75 Å². The van der Waals surface area contributed by atoms with Gasteiger partial charge in [-0.1, -0.05) is 12.1 Å². The van der Waals surface area contributed by atoms with Crippen LogP contribution >= 0.6 is 0 Å². The Bertz CT molecular complexity index is 3620. The Morgan fingerprint density at radius 2 is 1.15 bits per heavy atom. The van der Waals surface area contributed by atoms with E-state index in [0.717, 1.165) is 172 Å². The molecular weight excluding hydrogens is 1020 g/mol. The topological polar surface area (TPSA) is 212 Å². The van der Waals surface area contributed by atoms with Crippen LogP contribution in [0.2, 0.25) is 0 Å². The number of H-pyrrole nitrogens is 1. The van der Waals surface area contributed by atoms with E-state index in [1.54, 1.807) is 12.5 Å². The molecule has 3 aromatic carbocycles. The molecule has 13 rings (SSSR count). The molecule has 0 atom stereocenters. The number of aromatic nitrogens is 10. The first kappa shape index (κ1) is 51.9. The molecule has 21 nitrogen and oxygen atoms in total. The summed E-state index contributed by atoms with van der Waals surface area (Å²) in [6, 6.07) is 24.6. The molecule has 81 heavy (non-hydrogen) atoms. The number of piperazine rings is 2. The van der Waals surface area contributed by atoms with Crippen LogP contribution in [0.15, 0.2) is 123 Å². The van der Waals surface area contributed by atoms with E-state index in [0.29, 0.717) is 53.4 Å². The zero-order chi connectivity index (χ0) is 54.7. The lowest BCUT2D eigenvalue weighted by Crippen LogP contribution is -2.47. The predicted octanol–water partition coefficient (Wildman–Crippen LogP) is 6.78. The summed E-state index contributed by atoms with van der Waals surface area (Å²) in [5.41, 5.74) is 10.3. The number of hydrogen-bond acceptors (Lipinski definition) is 15. The van der Waals surface area contributed by atoms with E-state index >= 15 is 0 Å². The molecule has 416 valence electrons. The number of piperidine rings is 2. The van der Waals surface area contributed by atoms with Crippen molar-refractivity contribution in [1.29, 1.82) is 0 Å². The Balaban J connectivity index is 0.617. The lowest BCUT2D eigenvalue weighted by molar-refractivity contribution is 0.101. The Morgan fingerprint density at radius 3 is 1.74 bits per heavy atom. The van der Waals surface area contributed by atoms with Crippen LogP contribution in [0.25, 0.3) is 44.6 Å². The number of amides is 2. The second-order valence-corrected chi connectivity index (χ2v) is 21.7. The van der Waals surface area contributed by atoms with E-state index in [1.165, 1.54) is 6.33 Å². The first-order chi connectivity index (χ1) is 39.8. The smallest absolute Gasteiger partial charge is 0.255 e. The number of benzene rings is 3. The number of ether oxygens (including phenoxy) is 1. The molecule has 5 N–H and O–H groups in total. The first-order valence-corrected chi connectivity index (χ1v) is 28.5. The molecule has 10 heterocycles. The first-order valence-electron chi connectivity index (χ1n) is 28.5. The quantitative estimate of drug-likeness (QED) is 0.0675. The second-order valence-electron chi connectivity index (χ2n) is 21.7. The van der Waals surface area contributed by atoms with Gasteiger partial charge in [0.05, 0.1) is 58.0 Å². The van der Waals surface area contributed by atoms with Crippen molar-refractivity contribution in [2.45, 2.75) is 44.3 Å². The molecule has 0 saturated carbocycles. The number of fused-ring (bicyclic) bond motifs is 2. The van der Waals surface area contributed by atoms with Crippen molar-refractivity contribution < 1.29 is 14.3 Å². The Morgan fingerprint density at radius 1 is 0.605 bits per heavy atom. The zero-order valence-electron chi connectivity index (χ0n) is 45.7. The van der Waals surface area contributed by atoms with Crippen molar-refractivity contribution >= 4 is 56.6 Å². The minimum Gasteiger partial charge on any atom is -0.492 e. The van der Waals surface area contributed by atoms with Gasteiger partial charge in [-0.2, -0.15) is 10.2 Å². The molecule has 6 aromatic heterocycles. The molecule has 4 aliphatic heterocycles. The molecule has 9 aromatic rings. The summed E-state index contributed by atoms with van der Waals surface area (Å²) in [4.78, 5) is 59.0. The largest absolute Gasteiger partial charge is 0.492 e. The number of nitrogens with zero attached hydrogens (tertiary/aromatic N) is 13. The molecule has 0 bridgehead atoms. The number of likely N-dealkylation sites (N-methyl/N-ethyl adjacent to an activating group) is 1. The minimum absolute atomic E-state index is 0.196. The summed E-state index contributed by atoms with van der Waals surface area (Å²) >= 11 is 0. The number of hydrogen-bond donors (Lipinski definition) is 5. The van der Waals surface area contributed by atoms with Gasteiger partial charge in [0.25, 0.3) is 11.8 Å². The van der Waals surface area contributed by atoms with Crippen LogP contribution in [0, 0.1) is 0 Å². The lowest BCUT2D eigenvalue weighted by Gasteiger charge is -2.36. The third-order valence-corrected chi connectivity index (χ3v) is 16.6. The molecule has 0 unspecified atom stereocenters. The van der Waals surface area contributed by atoms with E-state index in [4.69, 9.17) is 19.8 Å². The number of aromatic amines is 1. The molecule has 21 heteroatoms. The normalized spacial score (nSPS) is 17.0. The molecule has 0 radical (unpaired) electrons. The fourth-order valence-corrected chi connectivity index (χ4v) is 11.8. The number of carbonyl (C=O) groups excluding carboxylic acids is 2. The Labute approximate surface area is 469 Å². The highest BCUT2D eigenvalue weighted by molar-refractivity contribution is 6.12. The molecule has 4 saturated heterocycles. The van der Waals surface area contributed by atoms with Gasteiger partial charge in [-0.05, 0) is 125 Å². The summed E-state index contributed by atoms with van der Waals surface area (Å²) in [5.74, 6) is 0.404. The summed E-state index contributed by atoms with van der Waals surface area (Å²) < 4.78 is 12.5. The van der Waals surface area contributed by atoms with Gasteiger partial charge in [0.1, 0.15) is 36.3 Å². The van der Waals surface area contributed by atoms with Crippen LogP contribution in [0.1, 0.15) is 64.0 Å². The van der Waals surface area contributed by atoms with Gasteiger partial charge in [-0.3, -0.25) is 23.9 Å². The molecule has 4 aliphatic rings. The highest BCUT2D eigenvalue weighted by atomic mass is 16.5. The van der Waals surface area contributed by atoms with E-state index in [2.05, 4.69) is 95.5 Å². The van der Waals surface area contributed by atoms with Crippen molar-refractivity contribution in [1.82, 2.24) is 69.5 Å². The predicted molar refractivity (Wildman–Crippen MR) is 314 cm³/mol. The van der Waals surface area contributed by atoms with Gasteiger partial charge >= 0.3 is 0 Å². The standard InChI is InChI=1S/C60H68N18O3/c1-72-22-26-74(27-23-72)46-8-6-43(7-9-46)60(80)71-52-38-76(58-54(52)56(65-40-67-58)45-33-69-78(37-45)49-16-20-62-21-17-49)35-41-2-12-50(13-3-41)81-31-30-73-24-28-75(29-25-73)47-10-4-42(5-11-47)59(79)70-51-34-63-57-53(51)55(64-39-66-57)44-32-68-77(36-44)48-14-18-61-19-15-48/h2-13,32-34,36-40,48-49,61-62H,14-31,35H2,1H3,(H,70,79)(H,71,80)(H,63,64,66). The maximum Gasteiger partial charge on any atom is 0.255 e. The molecular formula is C60H68N18O3. The fraction of sp³-hybridized carbons (Fsp3) is 0.367. The molecule has 2 amide bonds. The van der Waals surface area contributed by atoms with Crippen LogP contribution in [0.3, 0.4) is 0 Å². The van der Waals surface area contributed by atoms with Gasteiger partial charge in [-0.15, -0.1) is 0 Å².